The summed E-state index contributed by atoms with van der Waals surface area (Å²) in [4.78, 5) is 2.45. The summed E-state index contributed by atoms with van der Waals surface area (Å²) in [6, 6.07) is -0.181. The fourth-order valence-corrected chi connectivity index (χ4v) is 10.6. The molecule has 0 aromatic heterocycles. The second-order valence-corrected chi connectivity index (χ2v) is 11.2. The van der Waals surface area contributed by atoms with Crippen LogP contribution in [0.5, 0.6) is 0 Å². The summed E-state index contributed by atoms with van der Waals surface area (Å²) in [5.74, 6) is 0.946. The van der Waals surface area contributed by atoms with Gasteiger partial charge in [-0.1, -0.05) is 6.92 Å². The highest BCUT2D eigenvalue weighted by molar-refractivity contribution is 5.40. The smallest absolute Gasteiger partial charge is 0.136 e. The van der Waals surface area contributed by atoms with E-state index in [1.807, 2.05) is 7.11 Å². The molecule has 31 heavy (non-hydrogen) atoms. The van der Waals surface area contributed by atoms with E-state index >= 15 is 0 Å². The first-order valence-electron chi connectivity index (χ1n) is 12.2. The molecule has 5 aliphatic carbocycles. The Kier molecular flexibility index (Phi) is 4.56. The Labute approximate surface area is 185 Å². The number of likely N-dealkylation sites (N-methyl/N-ethyl adjacent to an activating group) is 1. The minimum atomic E-state index is -1.39. The molecule has 5 saturated carbocycles. The highest BCUT2D eigenvalue weighted by Crippen LogP contribution is 2.78. The molecule has 1 heterocycles. The molecule has 0 unspecified atom stereocenters. The fourth-order valence-electron chi connectivity index (χ4n) is 10.6. The summed E-state index contributed by atoms with van der Waals surface area (Å²) in [7, 11) is 7.03. The molecule has 1 aliphatic heterocycles. The quantitative estimate of drug-likeness (QED) is 0.662. The van der Waals surface area contributed by atoms with Gasteiger partial charge < -0.3 is 29.2 Å². The fraction of sp³-hybridized carbons (Fsp3) is 1.00. The maximum atomic E-state index is 12.8. The largest absolute Gasteiger partial charge is 0.386 e. The van der Waals surface area contributed by atoms with Crippen LogP contribution in [0.3, 0.4) is 0 Å². The maximum absolute atomic E-state index is 12.8. The van der Waals surface area contributed by atoms with Crippen LogP contribution in [0.4, 0.5) is 0 Å². The first-order valence-corrected chi connectivity index (χ1v) is 12.2. The number of rotatable bonds is 5. The third-order valence-electron chi connectivity index (χ3n) is 11.1. The average Bonchev–Trinajstić information content (AvgIpc) is 3.17. The summed E-state index contributed by atoms with van der Waals surface area (Å²) in [5, 5.41) is 25.5. The maximum Gasteiger partial charge on any atom is 0.136 e. The van der Waals surface area contributed by atoms with Crippen LogP contribution in [0.2, 0.25) is 0 Å². The topological polar surface area (TPSA) is 80.6 Å². The molecule has 176 valence electrons. The van der Waals surface area contributed by atoms with E-state index in [-0.39, 0.29) is 53.4 Å². The second kappa shape index (κ2) is 6.65. The van der Waals surface area contributed by atoms with Gasteiger partial charge in [-0.25, -0.2) is 0 Å². The highest BCUT2D eigenvalue weighted by atomic mass is 16.5. The number of nitrogens with zero attached hydrogens (tertiary/aromatic N) is 1. The van der Waals surface area contributed by atoms with Gasteiger partial charge in [0, 0.05) is 64.6 Å². The van der Waals surface area contributed by atoms with Crippen LogP contribution in [-0.4, -0.2) is 98.3 Å². The van der Waals surface area contributed by atoms with Crippen molar-refractivity contribution in [2.45, 2.75) is 74.3 Å². The number of likely N-dealkylation sites (tertiary alicyclic amines) is 1. The highest BCUT2D eigenvalue weighted by Gasteiger charge is 2.89. The van der Waals surface area contributed by atoms with E-state index < -0.39 is 17.3 Å². The van der Waals surface area contributed by atoms with Crippen LogP contribution in [0, 0.1) is 35.0 Å². The summed E-state index contributed by atoms with van der Waals surface area (Å²) in [6.07, 6.45) is 2.85. The molecule has 6 aliphatic rings. The average molecular weight is 438 g/mol. The number of ether oxygens (including phenoxy) is 4. The Morgan fingerprint density at radius 2 is 1.74 bits per heavy atom. The minimum absolute atomic E-state index is 0.0483. The van der Waals surface area contributed by atoms with Gasteiger partial charge in [-0.15, -0.1) is 0 Å². The SMILES string of the molecule is CCN1C[C@@H]2CC[C@H](OC)[C@@]34[C@@H]2[C@H](OC)[C@@](O)([C@@H]13)[C@@]1(O)C[C@@H](OC)[C@H]2C[C@@H]4[C@@H]1[C@H]2OC. The Morgan fingerprint density at radius 3 is 2.35 bits per heavy atom. The van der Waals surface area contributed by atoms with E-state index in [4.69, 9.17) is 18.9 Å². The molecule has 7 heteroatoms. The zero-order valence-electron chi connectivity index (χ0n) is 19.5. The first kappa shape index (κ1) is 21.3. The molecule has 0 aromatic carbocycles. The first-order chi connectivity index (χ1) is 14.9. The van der Waals surface area contributed by atoms with Crippen LogP contribution >= 0.6 is 0 Å². The van der Waals surface area contributed by atoms with Gasteiger partial charge in [-0.3, -0.25) is 4.90 Å². The van der Waals surface area contributed by atoms with Crippen LogP contribution in [0.15, 0.2) is 0 Å². The molecule has 6 rings (SSSR count). The number of methoxy groups -OCH3 is 4. The van der Waals surface area contributed by atoms with Gasteiger partial charge in [0.25, 0.3) is 0 Å². The molecule has 1 spiro atoms. The molecular weight excluding hydrogens is 398 g/mol. The van der Waals surface area contributed by atoms with Gasteiger partial charge in [0.05, 0.1) is 30.5 Å². The molecule has 7 nitrogen and oxygen atoms in total. The lowest BCUT2D eigenvalue weighted by atomic mass is 9.45. The number of fused-ring (bicyclic) bond motifs is 2. The van der Waals surface area contributed by atoms with Crippen molar-refractivity contribution in [1.82, 2.24) is 4.90 Å². The van der Waals surface area contributed by atoms with Gasteiger partial charge in [0.1, 0.15) is 11.2 Å². The van der Waals surface area contributed by atoms with E-state index in [9.17, 15) is 10.2 Å². The van der Waals surface area contributed by atoms with Crippen LogP contribution in [0.25, 0.3) is 0 Å². The van der Waals surface area contributed by atoms with E-state index in [0.717, 1.165) is 32.4 Å². The predicted molar refractivity (Wildman–Crippen MR) is 112 cm³/mol. The molecule has 7 bridgehead atoms. The summed E-state index contributed by atoms with van der Waals surface area (Å²) in [6.45, 7) is 3.99. The Morgan fingerprint density at radius 1 is 0.968 bits per heavy atom. The third-order valence-corrected chi connectivity index (χ3v) is 11.1. The van der Waals surface area contributed by atoms with Crippen molar-refractivity contribution < 1.29 is 29.2 Å². The molecule has 0 aromatic rings. The van der Waals surface area contributed by atoms with E-state index in [2.05, 4.69) is 11.8 Å². The van der Waals surface area contributed by atoms with Crippen molar-refractivity contribution in [2.24, 2.45) is 35.0 Å². The minimum Gasteiger partial charge on any atom is -0.386 e. The normalized spacial score (nSPS) is 61.6. The number of hydrogen-bond donors (Lipinski definition) is 2. The zero-order chi connectivity index (χ0) is 21.9. The standard InChI is InChI=1S/C24H39NO6/c1-6-25-11-12-7-8-16(29-3)23-14-9-13-15(28-2)10-22(26,18(14)19(13)30-4)24(27,21(23)25)20(31-5)17(12)23/h12-21,26-27H,6-11H2,1-5H3/t12-,13+,14+,15+,16-,17-,18+,19-,20-,21-,22+,23-,24+/m0/s1. The Bertz CT molecular complexity index is 752. The lowest BCUT2D eigenvalue weighted by molar-refractivity contribution is -0.315. The van der Waals surface area contributed by atoms with Crippen molar-refractivity contribution in [2.75, 3.05) is 41.5 Å². The number of piperidine rings is 1. The molecule has 0 radical (unpaired) electrons. The summed E-state index contributed by atoms with van der Waals surface area (Å²) in [5.41, 5.74) is -2.95. The van der Waals surface area contributed by atoms with Gasteiger partial charge in [0.15, 0.2) is 0 Å². The summed E-state index contributed by atoms with van der Waals surface area (Å²) < 4.78 is 24.5. The van der Waals surface area contributed by atoms with Crippen molar-refractivity contribution in [3.8, 4) is 0 Å². The van der Waals surface area contributed by atoms with Gasteiger partial charge >= 0.3 is 0 Å². The number of aliphatic hydroxyl groups is 2. The lowest BCUT2D eigenvalue weighted by Crippen LogP contribution is -2.81. The van der Waals surface area contributed by atoms with E-state index in [1.54, 1.807) is 21.3 Å². The lowest BCUT2D eigenvalue weighted by Gasteiger charge is -2.68. The second-order valence-electron chi connectivity index (χ2n) is 11.2. The van der Waals surface area contributed by atoms with Gasteiger partial charge in [-0.05, 0) is 37.6 Å². The van der Waals surface area contributed by atoms with Crippen molar-refractivity contribution in [3.63, 3.8) is 0 Å². The van der Waals surface area contributed by atoms with Crippen LogP contribution in [-0.2, 0) is 18.9 Å². The molecular formula is C24H39NO6. The Balaban J connectivity index is 1.66. The Hall–Kier alpha value is -0.280. The monoisotopic (exact) mass is 437 g/mol. The van der Waals surface area contributed by atoms with Crippen molar-refractivity contribution in [3.05, 3.63) is 0 Å². The van der Waals surface area contributed by atoms with Crippen molar-refractivity contribution in [1.29, 1.82) is 0 Å². The molecule has 2 N–H and O–H groups in total. The molecule has 0 amide bonds. The zero-order valence-corrected chi connectivity index (χ0v) is 19.5. The number of hydrogen-bond acceptors (Lipinski definition) is 7. The van der Waals surface area contributed by atoms with E-state index in [1.165, 1.54) is 0 Å². The third kappa shape index (κ3) is 2.01. The van der Waals surface area contributed by atoms with Gasteiger partial charge in [-0.2, -0.15) is 0 Å². The predicted octanol–water partition coefficient (Wildman–Crippen LogP) is 0.909. The van der Waals surface area contributed by atoms with Gasteiger partial charge in [0.2, 0.25) is 0 Å². The van der Waals surface area contributed by atoms with Crippen LogP contribution in [0.1, 0.15) is 32.6 Å². The van der Waals surface area contributed by atoms with E-state index in [0.29, 0.717) is 12.3 Å². The summed E-state index contributed by atoms with van der Waals surface area (Å²) >= 11 is 0. The van der Waals surface area contributed by atoms with Crippen molar-refractivity contribution >= 4 is 0 Å². The molecule has 6 fully saturated rings. The van der Waals surface area contributed by atoms with Crippen LogP contribution < -0.4 is 0 Å². The molecule has 13 atom stereocenters. The molecule has 1 saturated heterocycles.